The van der Waals surface area contributed by atoms with E-state index in [0.29, 0.717) is 12.0 Å². The molecule has 0 aliphatic rings. The second-order valence-electron chi connectivity index (χ2n) is 3.10. The van der Waals surface area contributed by atoms with Crippen LogP contribution >= 0.6 is 0 Å². The number of hydrogen-bond donors (Lipinski definition) is 1. The molecule has 76 valence electrons. The smallest absolute Gasteiger partial charge is 0.236 e. The van der Waals surface area contributed by atoms with Gasteiger partial charge in [-0.1, -0.05) is 18.2 Å². The second-order valence-corrected chi connectivity index (χ2v) is 3.10. The standard InChI is InChI=1S/C10H13FN2O/c1-13(12)10(14)7-6-8-4-2-3-5-9(8)11/h2-5H,6-7,12H2,1H3. The van der Waals surface area contributed by atoms with Gasteiger partial charge in [-0.2, -0.15) is 0 Å². The van der Waals surface area contributed by atoms with E-state index in [9.17, 15) is 9.18 Å². The first kappa shape index (κ1) is 10.7. The number of hydrazine groups is 1. The van der Waals surface area contributed by atoms with Gasteiger partial charge in [-0.05, 0) is 18.1 Å². The van der Waals surface area contributed by atoms with Gasteiger partial charge in [0.25, 0.3) is 0 Å². The molecule has 0 spiro atoms. The summed E-state index contributed by atoms with van der Waals surface area (Å²) in [6.07, 6.45) is 0.612. The van der Waals surface area contributed by atoms with E-state index in [4.69, 9.17) is 5.84 Å². The predicted octanol–water partition coefficient (Wildman–Crippen LogP) is 1.09. The number of benzene rings is 1. The molecule has 0 fully saturated rings. The van der Waals surface area contributed by atoms with Crippen LogP contribution < -0.4 is 5.84 Å². The molecule has 0 heterocycles. The Morgan fingerprint density at radius 3 is 2.71 bits per heavy atom. The molecule has 3 nitrogen and oxygen atoms in total. The summed E-state index contributed by atoms with van der Waals surface area (Å²) in [6.45, 7) is 0. The minimum absolute atomic E-state index is 0.201. The number of aryl methyl sites for hydroxylation is 1. The molecule has 1 amide bonds. The predicted molar refractivity (Wildman–Crippen MR) is 51.7 cm³/mol. The molecule has 0 radical (unpaired) electrons. The average Bonchev–Trinajstić information content (AvgIpc) is 2.16. The maximum Gasteiger partial charge on any atom is 0.236 e. The Kier molecular flexibility index (Phi) is 3.59. The Hall–Kier alpha value is -1.42. The number of rotatable bonds is 3. The average molecular weight is 196 g/mol. The molecular formula is C10H13FN2O. The van der Waals surface area contributed by atoms with Crippen molar-refractivity contribution < 1.29 is 9.18 Å². The van der Waals surface area contributed by atoms with Gasteiger partial charge in [-0.25, -0.2) is 10.2 Å². The molecule has 0 aliphatic carbocycles. The number of nitrogens with zero attached hydrogens (tertiary/aromatic N) is 1. The minimum Gasteiger partial charge on any atom is -0.284 e. The van der Waals surface area contributed by atoms with Crippen molar-refractivity contribution in [2.45, 2.75) is 12.8 Å². The third-order valence-electron chi connectivity index (χ3n) is 1.96. The molecule has 0 atom stereocenters. The molecule has 1 rings (SSSR count). The molecule has 0 saturated carbocycles. The van der Waals surface area contributed by atoms with Gasteiger partial charge < -0.3 is 0 Å². The molecule has 0 bridgehead atoms. The second kappa shape index (κ2) is 4.72. The van der Waals surface area contributed by atoms with Crippen molar-refractivity contribution in [2.24, 2.45) is 5.84 Å². The lowest BCUT2D eigenvalue weighted by atomic mass is 10.1. The lowest BCUT2D eigenvalue weighted by molar-refractivity contribution is -0.130. The molecule has 2 N–H and O–H groups in total. The van der Waals surface area contributed by atoms with Crippen molar-refractivity contribution in [3.05, 3.63) is 35.6 Å². The van der Waals surface area contributed by atoms with Crippen LogP contribution in [0.5, 0.6) is 0 Å². The zero-order chi connectivity index (χ0) is 10.6. The number of carbonyl (C=O) groups is 1. The first-order valence-electron chi connectivity index (χ1n) is 4.36. The summed E-state index contributed by atoms with van der Waals surface area (Å²) in [4.78, 5) is 11.1. The van der Waals surface area contributed by atoms with E-state index in [1.807, 2.05) is 0 Å². The quantitative estimate of drug-likeness (QED) is 0.447. The summed E-state index contributed by atoms with van der Waals surface area (Å²) in [5.41, 5.74) is 0.544. The SMILES string of the molecule is CN(N)C(=O)CCc1ccccc1F. The summed E-state index contributed by atoms with van der Waals surface area (Å²) in [6, 6.07) is 6.41. The molecular weight excluding hydrogens is 183 g/mol. The first-order valence-corrected chi connectivity index (χ1v) is 4.36. The minimum atomic E-state index is -0.278. The van der Waals surface area contributed by atoms with E-state index in [0.717, 1.165) is 5.01 Å². The summed E-state index contributed by atoms with van der Waals surface area (Å²) >= 11 is 0. The molecule has 1 aromatic carbocycles. The maximum atomic E-state index is 13.1. The molecule has 14 heavy (non-hydrogen) atoms. The van der Waals surface area contributed by atoms with E-state index in [-0.39, 0.29) is 18.1 Å². The fraction of sp³-hybridized carbons (Fsp3) is 0.300. The Morgan fingerprint density at radius 1 is 1.50 bits per heavy atom. The van der Waals surface area contributed by atoms with Crippen LogP contribution in [-0.2, 0) is 11.2 Å². The highest BCUT2D eigenvalue weighted by Gasteiger charge is 2.06. The molecule has 0 unspecified atom stereocenters. The van der Waals surface area contributed by atoms with Crippen LogP contribution in [-0.4, -0.2) is 18.0 Å². The van der Waals surface area contributed by atoms with Crippen molar-refractivity contribution in [3.8, 4) is 0 Å². The highest BCUT2D eigenvalue weighted by molar-refractivity contribution is 5.75. The van der Waals surface area contributed by atoms with Crippen LogP contribution in [0.4, 0.5) is 4.39 Å². The summed E-state index contributed by atoms with van der Waals surface area (Å²) < 4.78 is 13.1. The Morgan fingerprint density at radius 2 is 2.14 bits per heavy atom. The van der Waals surface area contributed by atoms with E-state index in [2.05, 4.69) is 0 Å². The number of amides is 1. The fourth-order valence-corrected chi connectivity index (χ4v) is 1.12. The van der Waals surface area contributed by atoms with Gasteiger partial charge in [0.2, 0.25) is 5.91 Å². The first-order chi connectivity index (χ1) is 6.61. The van der Waals surface area contributed by atoms with Crippen molar-refractivity contribution in [2.75, 3.05) is 7.05 Å². The van der Waals surface area contributed by atoms with Gasteiger partial charge in [0.15, 0.2) is 0 Å². The largest absolute Gasteiger partial charge is 0.284 e. The lowest BCUT2D eigenvalue weighted by Crippen LogP contribution is -2.33. The Labute approximate surface area is 82.3 Å². The van der Waals surface area contributed by atoms with Crippen LogP contribution in [0.25, 0.3) is 0 Å². The van der Waals surface area contributed by atoms with Crippen molar-refractivity contribution in [3.63, 3.8) is 0 Å². The lowest BCUT2D eigenvalue weighted by Gasteiger charge is -2.09. The highest BCUT2D eigenvalue weighted by atomic mass is 19.1. The van der Waals surface area contributed by atoms with Crippen LogP contribution in [0.1, 0.15) is 12.0 Å². The van der Waals surface area contributed by atoms with Gasteiger partial charge in [0.05, 0.1) is 0 Å². The molecule has 0 aliphatic heterocycles. The van der Waals surface area contributed by atoms with Crippen LogP contribution in [0.3, 0.4) is 0 Å². The third-order valence-corrected chi connectivity index (χ3v) is 1.96. The summed E-state index contributed by atoms with van der Waals surface area (Å²) in [5.74, 6) is 4.75. The van der Waals surface area contributed by atoms with Gasteiger partial charge >= 0.3 is 0 Å². The maximum absolute atomic E-state index is 13.1. The fourth-order valence-electron chi connectivity index (χ4n) is 1.12. The highest BCUT2D eigenvalue weighted by Crippen LogP contribution is 2.08. The summed E-state index contributed by atoms with van der Waals surface area (Å²) in [7, 11) is 1.48. The molecule has 1 aromatic rings. The number of carbonyl (C=O) groups excluding carboxylic acids is 1. The molecule has 0 saturated heterocycles. The van der Waals surface area contributed by atoms with Crippen molar-refractivity contribution in [1.29, 1.82) is 0 Å². The van der Waals surface area contributed by atoms with E-state index < -0.39 is 0 Å². The zero-order valence-corrected chi connectivity index (χ0v) is 8.03. The zero-order valence-electron chi connectivity index (χ0n) is 8.03. The van der Waals surface area contributed by atoms with Gasteiger partial charge in [0, 0.05) is 13.5 Å². The normalized spacial score (nSPS) is 9.93. The van der Waals surface area contributed by atoms with Crippen LogP contribution in [0.2, 0.25) is 0 Å². The van der Waals surface area contributed by atoms with Crippen molar-refractivity contribution in [1.82, 2.24) is 5.01 Å². The Bertz CT molecular complexity index is 326. The van der Waals surface area contributed by atoms with E-state index in [1.54, 1.807) is 18.2 Å². The van der Waals surface area contributed by atoms with Crippen LogP contribution in [0, 0.1) is 5.82 Å². The Balaban J connectivity index is 2.54. The van der Waals surface area contributed by atoms with Gasteiger partial charge in [-0.3, -0.25) is 9.80 Å². The monoisotopic (exact) mass is 196 g/mol. The number of halogens is 1. The third kappa shape index (κ3) is 2.81. The van der Waals surface area contributed by atoms with E-state index in [1.165, 1.54) is 13.1 Å². The number of hydrogen-bond acceptors (Lipinski definition) is 2. The van der Waals surface area contributed by atoms with E-state index >= 15 is 0 Å². The van der Waals surface area contributed by atoms with Crippen LogP contribution in [0.15, 0.2) is 24.3 Å². The summed E-state index contributed by atoms with van der Waals surface area (Å²) in [5, 5.41) is 1.01. The molecule has 0 aromatic heterocycles. The van der Waals surface area contributed by atoms with Gasteiger partial charge in [-0.15, -0.1) is 0 Å². The molecule has 4 heteroatoms. The topological polar surface area (TPSA) is 46.3 Å². The number of nitrogens with two attached hydrogens (primary N) is 1. The van der Waals surface area contributed by atoms with Gasteiger partial charge in [0.1, 0.15) is 5.82 Å². The van der Waals surface area contributed by atoms with Crippen molar-refractivity contribution >= 4 is 5.91 Å².